The molecule has 344 valence electrons. The molecule has 1 aliphatic heterocycles. The molecule has 1 spiro atoms. The number of rotatable bonds is 6. The molecule has 0 radical (unpaired) electrons. The van der Waals surface area contributed by atoms with Crippen molar-refractivity contribution in [3.8, 4) is 44.5 Å². The summed E-state index contributed by atoms with van der Waals surface area (Å²) in [4.78, 5) is 4.84. The van der Waals surface area contributed by atoms with Crippen molar-refractivity contribution in [3.63, 3.8) is 0 Å². The molecule has 73 heavy (non-hydrogen) atoms. The Hall–Kier alpha value is -9.18. The Kier molecular flexibility index (Phi) is 8.92. The topological polar surface area (TPSA) is 19.6 Å². The molecule has 2 aliphatic carbocycles. The number of anilines is 6. The van der Waals surface area contributed by atoms with Gasteiger partial charge in [0, 0.05) is 38.8 Å². The highest BCUT2D eigenvalue weighted by atomic mass is 16.3. The van der Waals surface area contributed by atoms with E-state index in [-0.39, 0.29) is 5.41 Å². The van der Waals surface area contributed by atoms with Crippen LogP contribution in [0.2, 0.25) is 0 Å². The molecule has 3 heteroatoms. The van der Waals surface area contributed by atoms with Crippen LogP contribution in [0.5, 0.6) is 0 Å². The molecule has 1 aromatic heterocycles. The highest BCUT2D eigenvalue weighted by Gasteiger charge is 2.51. The van der Waals surface area contributed by atoms with Gasteiger partial charge in [0.1, 0.15) is 5.58 Å². The third-order valence-corrected chi connectivity index (χ3v) is 16.3. The van der Waals surface area contributed by atoms with Crippen LogP contribution in [-0.2, 0) is 10.8 Å². The Balaban J connectivity index is 0.926. The Morgan fingerprint density at radius 2 is 0.849 bits per heavy atom. The minimum Gasteiger partial charge on any atom is -0.453 e. The van der Waals surface area contributed by atoms with Gasteiger partial charge in [-0.15, -0.1) is 0 Å². The summed E-state index contributed by atoms with van der Waals surface area (Å²) >= 11 is 0. The lowest BCUT2D eigenvalue weighted by molar-refractivity contribution is 0.660. The maximum absolute atomic E-state index is 7.42. The Bertz CT molecular complexity index is 4140. The van der Waals surface area contributed by atoms with Gasteiger partial charge in [-0.2, -0.15) is 0 Å². The fourth-order valence-corrected chi connectivity index (χ4v) is 13.0. The lowest BCUT2D eigenvalue weighted by atomic mass is 9.64. The molecule has 3 aliphatic rings. The van der Waals surface area contributed by atoms with Crippen molar-refractivity contribution in [1.82, 2.24) is 0 Å². The molecule has 12 aromatic rings. The largest absolute Gasteiger partial charge is 0.453 e. The van der Waals surface area contributed by atoms with Gasteiger partial charge >= 0.3 is 0 Å². The SMILES string of the molecule is CC1(C)c2ccccc2-c2ccc(N(c3ccc(-c4ccccc4)cc3)c3cccc4c3oc3c(-c5ccc6c(c5)C5(c7ccccc7-6)c6ccccc6N(c6ccccc6)c6ccccc65)cccc34)cc21. The minimum absolute atomic E-state index is 0.163. The molecule has 0 saturated carbocycles. The third-order valence-electron chi connectivity index (χ3n) is 16.3. The summed E-state index contributed by atoms with van der Waals surface area (Å²) in [6.07, 6.45) is 0. The molecular formula is C70H48N2O. The molecule has 3 nitrogen and oxygen atoms in total. The summed E-state index contributed by atoms with van der Waals surface area (Å²) in [7, 11) is 0. The fraction of sp³-hybridized carbons (Fsp3) is 0.0571. The van der Waals surface area contributed by atoms with Gasteiger partial charge in [0.15, 0.2) is 5.58 Å². The highest BCUT2D eigenvalue weighted by molar-refractivity contribution is 6.14. The van der Waals surface area contributed by atoms with Gasteiger partial charge in [-0.3, -0.25) is 0 Å². The Morgan fingerprint density at radius 3 is 1.58 bits per heavy atom. The van der Waals surface area contributed by atoms with E-state index in [1.165, 1.54) is 78.1 Å². The lowest BCUT2D eigenvalue weighted by Gasteiger charge is -2.45. The van der Waals surface area contributed by atoms with Crippen LogP contribution in [0, 0.1) is 0 Å². The zero-order valence-corrected chi connectivity index (χ0v) is 40.6. The number of nitrogens with zero attached hydrogens (tertiary/aromatic N) is 2. The van der Waals surface area contributed by atoms with Crippen molar-refractivity contribution in [2.45, 2.75) is 24.7 Å². The van der Waals surface area contributed by atoms with Crippen LogP contribution in [0.3, 0.4) is 0 Å². The number of hydrogen-bond donors (Lipinski definition) is 0. The van der Waals surface area contributed by atoms with Crippen molar-refractivity contribution in [3.05, 3.63) is 288 Å². The second-order valence-corrected chi connectivity index (χ2v) is 20.3. The summed E-state index contributed by atoms with van der Waals surface area (Å²) in [6, 6.07) is 93.8. The van der Waals surface area contributed by atoms with Gasteiger partial charge in [-0.05, 0) is 133 Å². The molecule has 0 atom stereocenters. The molecule has 0 saturated heterocycles. The number of para-hydroxylation sites is 5. The zero-order chi connectivity index (χ0) is 48.4. The van der Waals surface area contributed by atoms with Gasteiger partial charge < -0.3 is 14.2 Å². The van der Waals surface area contributed by atoms with Gasteiger partial charge in [-0.25, -0.2) is 0 Å². The monoisotopic (exact) mass is 932 g/mol. The van der Waals surface area contributed by atoms with E-state index in [2.05, 4.69) is 278 Å². The Morgan fingerprint density at radius 1 is 0.342 bits per heavy atom. The maximum Gasteiger partial charge on any atom is 0.159 e. The molecule has 2 heterocycles. The fourth-order valence-electron chi connectivity index (χ4n) is 13.0. The van der Waals surface area contributed by atoms with Crippen LogP contribution < -0.4 is 9.80 Å². The molecule has 0 unspecified atom stereocenters. The van der Waals surface area contributed by atoms with E-state index < -0.39 is 5.41 Å². The average molecular weight is 933 g/mol. The van der Waals surface area contributed by atoms with Crippen molar-refractivity contribution in [2.24, 2.45) is 0 Å². The first-order valence-corrected chi connectivity index (χ1v) is 25.4. The lowest BCUT2D eigenvalue weighted by Crippen LogP contribution is -2.36. The second-order valence-electron chi connectivity index (χ2n) is 20.3. The van der Waals surface area contributed by atoms with E-state index in [0.29, 0.717) is 0 Å². The van der Waals surface area contributed by atoms with Crippen LogP contribution in [-0.4, -0.2) is 0 Å². The van der Waals surface area contributed by atoms with E-state index in [1.54, 1.807) is 0 Å². The van der Waals surface area contributed by atoms with E-state index >= 15 is 0 Å². The van der Waals surface area contributed by atoms with Gasteiger partial charge in [0.25, 0.3) is 0 Å². The molecule has 0 bridgehead atoms. The predicted molar refractivity (Wildman–Crippen MR) is 302 cm³/mol. The predicted octanol–water partition coefficient (Wildman–Crippen LogP) is 18.8. The third kappa shape index (κ3) is 5.88. The van der Waals surface area contributed by atoms with E-state index in [4.69, 9.17) is 4.42 Å². The first kappa shape index (κ1) is 41.6. The number of fused-ring (bicyclic) bond motifs is 15. The van der Waals surface area contributed by atoms with E-state index in [0.717, 1.165) is 55.8 Å². The standard InChI is InChI=1S/C70H48N2O/c1-69(2)58-28-11-9-23-52(58)54-42-40-50(44-62(54)69)71(49-38-35-46(36-39-49)45-19-5-3-6-20-45)66-34-18-27-57-56-26-17-25-51(67(56)73-68(57)66)47-37-41-55-53-24-10-12-29-59(53)70(63(55)43-47)60-30-13-15-32-64(60)72(48-21-7-4-8-22-48)65-33-16-14-31-61(65)70/h3-44H,1-2H3. The molecule has 0 fully saturated rings. The zero-order valence-electron chi connectivity index (χ0n) is 40.6. The van der Waals surface area contributed by atoms with Crippen molar-refractivity contribution >= 4 is 56.1 Å². The Labute approximate surface area is 425 Å². The van der Waals surface area contributed by atoms with Crippen LogP contribution >= 0.6 is 0 Å². The maximum atomic E-state index is 7.42. The number of benzene rings is 11. The van der Waals surface area contributed by atoms with Crippen LogP contribution in [0.1, 0.15) is 47.2 Å². The molecular weight excluding hydrogens is 885 g/mol. The van der Waals surface area contributed by atoms with E-state index in [9.17, 15) is 0 Å². The first-order valence-electron chi connectivity index (χ1n) is 25.4. The average Bonchev–Trinajstić information content (AvgIpc) is 4.09. The normalized spacial score (nSPS) is 14.1. The van der Waals surface area contributed by atoms with Crippen LogP contribution in [0.15, 0.2) is 259 Å². The number of hydrogen-bond acceptors (Lipinski definition) is 3. The quantitative estimate of drug-likeness (QED) is 0.166. The summed E-state index contributed by atoms with van der Waals surface area (Å²) in [5.41, 5.74) is 25.1. The summed E-state index contributed by atoms with van der Waals surface area (Å²) in [6.45, 7) is 4.71. The summed E-state index contributed by atoms with van der Waals surface area (Å²) < 4.78 is 7.42. The van der Waals surface area contributed by atoms with Crippen molar-refractivity contribution in [1.29, 1.82) is 0 Å². The summed E-state index contributed by atoms with van der Waals surface area (Å²) in [5.74, 6) is 0. The van der Waals surface area contributed by atoms with Crippen molar-refractivity contribution < 1.29 is 4.42 Å². The molecule has 0 N–H and O–H groups in total. The van der Waals surface area contributed by atoms with Gasteiger partial charge in [0.2, 0.25) is 0 Å². The minimum atomic E-state index is -0.572. The van der Waals surface area contributed by atoms with Crippen LogP contribution in [0.25, 0.3) is 66.4 Å². The number of furan rings is 1. The molecule has 15 rings (SSSR count). The van der Waals surface area contributed by atoms with Gasteiger partial charge in [0.05, 0.1) is 22.5 Å². The van der Waals surface area contributed by atoms with Crippen molar-refractivity contribution in [2.75, 3.05) is 9.80 Å². The first-order chi connectivity index (χ1) is 36.0. The molecule has 11 aromatic carbocycles. The van der Waals surface area contributed by atoms with Gasteiger partial charge in [-0.1, -0.05) is 208 Å². The summed E-state index contributed by atoms with van der Waals surface area (Å²) in [5, 5.41) is 2.17. The van der Waals surface area contributed by atoms with E-state index in [1.807, 2.05) is 0 Å². The van der Waals surface area contributed by atoms with Crippen LogP contribution in [0.4, 0.5) is 34.1 Å². The highest BCUT2D eigenvalue weighted by Crippen LogP contribution is 2.64. The second kappa shape index (κ2) is 15.7. The molecule has 0 amide bonds. The smallest absolute Gasteiger partial charge is 0.159 e.